The second-order valence-electron chi connectivity index (χ2n) is 3.95. The summed E-state index contributed by atoms with van der Waals surface area (Å²) in [5, 5.41) is 10.5. The normalized spacial score (nSPS) is 12.4. The topological polar surface area (TPSA) is 55.0 Å². The molecule has 0 aliphatic rings. The smallest absolute Gasteiger partial charge is 0.151 e. The predicted molar refractivity (Wildman–Crippen MR) is 72.3 cm³/mol. The third-order valence-corrected chi connectivity index (χ3v) is 3.68. The van der Waals surface area contributed by atoms with Crippen molar-refractivity contribution in [1.29, 1.82) is 0 Å². The molecular formula is C12H16N4S. The molecule has 2 aromatic heterocycles. The highest BCUT2D eigenvalue weighted by Crippen LogP contribution is 2.23. The second-order valence-corrected chi connectivity index (χ2v) is 4.90. The first kappa shape index (κ1) is 12.0. The van der Waals surface area contributed by atoms with Crippen LogP contribution in [0, 0.1) is 0 Å². The van der Waals surface area contributed by atoms with Crippen molar-refractivity contribution in [3.8, 4) is 10.6 Å². The van der Waals surface area contributed by atoms with Gasteiger partial charge in [-0.3, -0.25) is 0 Å². The van der Waals surface area contributed by atoms with Crippen molar-refractivity contribution in [3.63, 3.8) is 0 Å². The first-order valence-corrected chi connectivity index (χ1v) is 6.41. The molecule has 1 atom stereocenters. The first-order valence-electron chi connectivity index (χ1n) is 5.53. The van der Waals surface area contributed by atoms with Gasteiger partial charge in [0.25, 0.3) is 0 Å². The molecule has 17 heavy (non-hydrogen) atoms. The van der Waals surface area contributed by atoms with Gasteiger partial charge in [-0.1, -0.05) is 6.07 Å². The molecular weight excluding hydrogens is 232 g/mol. The van der Waals surface area contributed by atoms with Gasteiger partial charge in [0.1, 0.15) is 5.69 Å². The van der Waals surface area contributed by atoms with Crippen molar-refractivity contribution in [1.82, 2.24) is 10.2 Å². The molecule has 4 nitrogen and oxygen atoms in total. The maximum absolute atomic E-state index is 5.63. The number of aromatic nitrogens is 2. The molecule has 5 heteroatoms. The minimum Gasteiger partial charge on any atom is -0.354 e. The Hall–Kier alpha value is -1.46. The summed E-state index contributed by atoms with van der Waals surface area (Å²) in [5.41, 5.74) is 6.54. The Morgan fingerprint density at radius 2 is 2.18 bits per heavy atom. The van der Waals surface area contributed by atoms with E-state index in [0.717, 1.165) is 16.4 Å². The van der Waals surface area contributed by atoms with Crippen LogP contribution in [0.4, 0.5) is 5.82 Å². The van der Waals surface area contributed by atoms with E-state index in [1.807, 2.05) is 41.6 Å². The molecule has 0 saturated carbocycles. The highest BCUT2D eigenvalue weighted by atomic mass is 32.1. The number of thiophene rings is 1. The van der Waals surface area contributed by atoms with Crippen LogP contribution in [0.25, 0.3) is 10.6 Å². The van der Waals surface area contributed by atoms with Gasteiger partial charge in [0.2, 0.25) is 0 Å². The summed E-state index contributed by atoms with van der Waals surface area (Å²) in [6, 6.07) is 8.29. The Kier molecular flexibility index (Phi) is 3.71. The van der Waals surface area contributed by atoms with Crippen LogP contribution in [0.3, 0.4) is 0 Å². The van der Waals surface area contributed by atoms with Gasteiger partial charge in [0.05, 0.1) is 4.88 Å². The van der Waals surface area contributed by atoms with Crippen molar-refractivity contribution >= 4 is 17.2 Å². The van der Waals surface area contributed by atoms with Gasteiger partial charge in [-0.15, -0.1) is 21.5 Å². The minimum atomic E-state index is 0.261. The van der Waals surface area contributed by atoms with Crippen LogP contribution in [-0.2, 0) is 0 Å². The third-order valence-electron chi connectivity index (χ3n) is 2.79. The van der Waals surface area contributed by atoms with E-state index in [0.29, 0.717) is 6.54 Å². The average Bonchev–Trinajstić information content (AvgIpc) is 2.91. The summed E-state index contributed by atoms with van der Waals surface area (Å²) >= 11 is 1.66. The van der Waals surface area contributed by atoms with Gasteiger partial charge < -0.3 is 10.6 Å². The van der Waals surface area contributed by atoms with Crippen molar-refractivity contribution < 1.29 is 0 Å². The summed E-state index contributed by atoms with van der Waals surface area (Å²) in [6.07, 6.45) is 0. The third kappa shape index (κ3) is 2.62. The Bertz CT molecular complexity index is 452. The van der Waals surface area contributed by atoms with E-state index in [9.17, 15) is 0 Å². The maximum Gasteiger partial charge on any atom is 0.151 e. The van der Waals surface area contributed by atoms with Gasteiger partial charge in [-0.25, -0.2) is 0 Å². The number of nitrogens with zero attached hydrogens (tertiary/aromatic N) is 3. The van der Waals surface area contributed by atoms with E-state index in [-0.39, 0.29) is 6.04 Å². The van der Waals surface area contributed by atoms with Crippen LogP contribution in [-0.4, -0.2) is 29.8 Å². The standard InChI is InChI=1S/C12H16N4S/c1-9(8-13)16(2)12-6-5-10(14-15-12)11-4-3-7-17-11/h3-7,9H,8,13H2,1-2H3. The average molecular weight is 248 g/mol. The Balaban J connectivity index is 2.18. The highest BCUT2D eigenvalue weighted by Gasteiger charge is 2.10. The zero-order valence-electron chi connectivity index (χ0n) is 10.00. The molecule has 2 aromatic rings. The van der Waals surface area contributed by atoms with Gasteiger partial charge >= 0.3 is 0 Å². The van der Waals surface area contributed by atoms with E-state index >= 15 is 0 Å². The lowest BCUT2D eigenvalue weighted by Gasteiger charge is -2.23. The first-order chi connectivity index (χ1) is 8.22. The largest absolute Gasteiger partial charge is 0.354 e. The summed E-state index contributed by atoms with van der Waals surface area (Å²) in [7, 11) is 1.98. The van der Waals surface area contributed by atoms with Crippen molar-refractivity contribution in [2.75, 3.05) is 18.5 Å². The van der Waals surface area contributed by atoms with Crippen molar-refractivity contribution in [3.05, 3.63) is 29.6 Å². The van der Waals surface area contributed by atoms with E-state index in [2.05, 4.69) is 17.1 Å². The molecule has 2 rings (SSSR count). The summed E-state index contributed by atoms with van der Waals surface area (Å²) in [4.78, 5) is 3.17. The fraction of sp³-hybridized carbons (Fsp3) is 0.333. The fourth-order valence-electron chi connectivity index (χ4n) is 1.45. The maximum atomic E-state index is 5.63. The summed E-state index contributed by atoms with van der Waals surface area (Å²) in [5.74, 6) is 0.850. The predicted octanol–water partition coefficient (Wildman–Crippen LogP) is 1.99. The quantitative estimate of drug-likeness (QED) is 0.899. The highest BCUT2D eigenvalue weighted by molar-refractivity contribution is 7.13. The lowest BCUT2D eigenvalue weighted by atomic mass is 10.3. The fourth-order valence-corrected chi connectivity index (χ4v) is 2.14. The number of anilines is 1. The minimum absolute atomic E-state index is 0.261. The Morgan fingerprint density at radius 3 is 2.71 bits per heavy atom. The van der Waals surface area contributed by atoms with Crippen LogP contribution in [0.1, 0.15) is 6.92 Å². The van der Waals surface area contributed by atoms with E-state index < -0.39 is 0 Å². The zero-order chi connectivity index (χ0) is 12.3. The lowest BCUT2D eigenvalue weighted by Crippen LogP contribution is -2.35. The van der Waals surface area contributed by atoms with Crippen LogP contribution < -0.4 is 10.6 Å². The lowest BCUT2D eigenvalue weighted by molar-refractivity contribution is 0.682. The van der Waals surface area contributed by atoms with Crippen molar-refractivity contribution in [2.24, 2.45) is 5.73 Å². The van der Waals surface area contributed by atoms with Crippen LogP contribution in [0.5, 0.6) is 0 Å². The molecule has 0 fully saturated rings. The molecule has 2 N–H and O–H groups in total. The van der Waals surface area contributed by atoms with Crippen LogP contribution in [0.15, 0.2) is 29.6 Å². The van der Waals surface area contributed by atoms with Gasteiger partial charge in [0, 0.05) is 19.6 Å². The number of likely N-dealkylation sites (N-methyl/N-ethyl adjacent to an activating group) is 1. The molecule has 0 saturated heterocycles. The molecule has 1 unspecified atom stereocenters. The molecule has 0 spiro atoms. The Morgan fingerprint density at radius 1 is 1.35 bits per heavy atom. The van der Waals surface area contributed by atoms with Crippen molar-refractivity contribution in [2.45, 2.75) is 13.0 Å². The Labute approximate surface area is 105 Å². The molecule has 0 aromatic carbocycles. The molecule has 0 aliphatic heterocycles. The van der Waals surface area contributed by atoms with E-state index in [4.69, 9.17) is 5.73 Å². The number of hydrogen-bond donors (Lipinski definition) is 1. The SMILES string of the molecule is CC(CN)N(C)c1ccc(-c2cccs2)nn1. The van der Waals surface area contributed by atoms with Gasteiger partial charge in [-0.2, -0.15) is 0 Å². The monoisotopic (exact) mass is 248 g/mol. The molecule has 0 bridgehead atoms. The van der Waals surface area contributed by atoms with E-state index in [1.165, 1.54) is 0 Å². The molecule has 0 aliphatic carbocycles. The number of rotatable bonds is 4. The molecule has 0 amide bonds. The van der Waals surface area contributed by atoms with Crippen LogP contribution >= 0.6 is 11.3 Å². The van der Waals surface area contributed by atoms with Crippen LogP contribution in [0.2, 0.25) is 0 Å². The molecule has 90 valence electrons. The second kappa shape index (κ2) is 5.25. The molecule has 2 heterocycles. The van der Waals surface area contributed by atoms with E-state index in [1.54, 1.807) is 11.3 Å². The van der Waals surface area contributed by atoms with Gasteiger partial charge in [-0.05, 0) is 30.5 Å². The molecule has 0 radical (unpaired) electrons. The number of hydrogen-bond acceptors (Lipinski definition) is 5. The van der Waals surface area contributed by atoms with Gasteiger partial charge in [0.15, 0.2) is 5.82 Å². The summed E-state index contributed by atoms with van der Waals surface area (Å²) in [6.45, 7) is 2.67. The zero-order valence-corrected chi connectivity index (χ0v) is 10.8. The summed E-state index contributed by atoms with van der Waals surface area (Å²) < 4.78 is 0. The number of nitrogens with two attached hydrogens (primary N) is 1.